The fourth-order valence-electron chi connectivity index (χ4n) is 0.773. The molecular weight excluding hydrogens is 617 g/mol. The monoisotopic (exact) mass is 634 g/mol. The quantitative estimate of drug-likeness (QED) is 0.377. The van der Waals surface area contributed by atoms with Crippen LogP contribution >= 0.6 is 8.25 Å². The minimum atomic E-state index is -1.13. The van der Waals surface area contributed by atoms with Gasteiger partial charge in [-0.15, -0.1) is 0 Å². The first-order valence-electron chi connectivity index (χ1n) is 5.24. The summed E-state index contributed by atoms with van der Waals surface area (Å²) in [4.78, 5) is 10.1. The van der Waals surface area contributed by atoms with Gasteiger partial charge in [-0.3, -0.25) is 0 Å². The zero-order chi connectivity index (χ0) is 13.5. The van der Waals surface area contributed by atoms with Crippen LogP contribution in [0.4, 0.5) is 0 Å². The summed E-state index contributed by atoms with van der Waals surface area (Å²) >= 11 is 0.207. The van der Waals surface area contributed by atoms with Crippen LogP contribution in [-0.2, 0) is 54.2 Å². The standard InChI is InChI=1S/C7H6O2.C3H7O.CH3.ClH.2Hg/c8-7(9)6-4-2-1-3-5-6;1-3-4-2;;;;/h1-5H,(H,8,9);1,3H2,2H3;1H3;1H;;/q;;;;2*+1/p-2. The van der Waals surface area contributed by atoms with E-state index in [0.717, 1.165) is 32.7 Å². The van der Waals surface area contributed by atoms with Gasteiger partial charge in [-0.1, -0.05) is 30.3 Å². The van der Waals surface area contributed by atoms with Crippen molar-refractivity contribution in [1.29, 1.82) is 0 Å². The molecule has 17 heavy (non-hydrogen) atoms. The Bertz CT molecular complexity index is 267. The van der Waals surface area contributed by atoms with Crippen LogP contribution in [0, 0.1) is 0 Å². The molecule has 0 atom stereocenters. The first-order valence-corrected chi connectivity index (χ1v) is 21.4. The second-order valence-electron chi connectivity index (χ2n) is 2.69. The minimum absolute atomic E-state index is 0.220. The third-order valence-electron chi connectivity index (χ3n) is 1.49. The van der Waals surface area contributed by atoms with E-state index in [0.29, 0.717) is 0 Å². The molecule has 0 amide bonds. The molecule has 0 N–H and O–H groups in total. The Kier molecular flexibility index (Phi) is 19.9. The molecule has 0 aliphatic carbocycles. The molecule has 1 aromatic rings. The normalized spacial score (nSPS) is 7.82. The van der Waals surface area contributed by atoms with Crippen molar-refractivity contribution < 1.29 is 64.1 Å². The molecular formula is C11H15ClHg2O3. The molecule has 0 saturated carbocycles. The number of hydrogen-bond acceptors (Lipinski definition) is 3. The molecule has 1 aromatic carbocycles. The van der Waals surface area contributed by atoms with Crippen LogP contribution < -0.4 is 5.11 Å². The molecule has 6 heteroatoms. The van der Waals surface area contributed by atoms with Gasteiger partial charge in [0.15, 0.2) is 0 Å². The number of ether oxygens (including phenoxy) is 1. The molecule has 1 rings (SSSR count). The summed E-state index contributed by atoms with van der Waals surface area (Å²) < 4.78 is 8.13. The summed E-state index contributed by atoms with van der Waals surface area (Å²) in [6.45, 7) is 0.880. The van der Waals surface area contributed by atoms with E-state index in [1.807, 2.05) is 0 Å². The SMILES string of the molecule is COC[CH2][Hg][Cl].O=C([O-])c1ccccc1.[CH3][Hg+]. The Hall–Kier alpha value is 0.810. The molecule has 0 aliphatic heterocycles. The van der Waals surface area contributed by atoms with Crippen molar-refractivity contribution in [3.05, 3.63) is 35.9 Å². The molecule has 3 nitrogen and oxygen atoms in total. The van der Waals surface area contributed by atoms with Crippen molar-refractivity contribution in [2.45, 2.75) is 8.36 Å². The molecule has 0 aromatic heterocycles. The van der Waals surface area contributed by atoms with Crippen LogP contribution in [-0.4, -0.2) is 19.7 Å². The molecule has 0 heterocycles. The topological polar surface area (TPSA) is 49.4 Å². The average Bonchev–Trinajstić information content (AvgIpc) is 2.40. The number of aromatic carboxylic acids is 1. The van der Waals surface area contributed by atoms with Crippen molar-refractivity contribution in [3.8, 4) is 0 Å². The second kappa shape index (κ2) is 16.8. The summed E-state index contributed by atoms with van der Waals surface area (Å²) in [5.41, 5.74) is 0.220. The van der Waals surface area contributed by atoms with Crippen molar-refractivity contribution in [2.75, 3.05) is 13.7 Å². The molecule has 0 spiro atoms. The summed E-state index contributed by atoms with van der Waals surface area (Å²) in [5, 5.41) is 10.1. The summed E-state index contributed by atoms with van der Waals surface area (Å²) in [5.74, 6) is -1.13. The van der Waals surface area contributed by atoms with Crippen molar-refractivity contribution >= 4 is 14.2 Å². The summed E-state index contributed by atoms with van der Waals surface area (Å²) in [6, 6.07) is 8.06. The van der Waals surface area contributed by atoms with E-state index in [4.69, 9.17) is 13.0 Å². The van der Waals surface area contributed by atoms with Gasteiger partial charge in [0.1, 0.15) is 0 Å². The first kappa shape index (κ1) is 20.1. The van der Waals surface area contributed by atoms with Crippen LogP contribution in [0.15, 0.2) is 30.3 Å². The molecule has 0 bridgehead atoms. The van der Waals surface area contributed by atoms with Crippen LogP contribution in [0.3, 0.4) is 0 Å². The summed E-state index contributed by atoms with van der Waals surface area (Å²) in [6.07, 6.45) is 0. The predicted molar refractivity (Wildman–Crippen MR) is 59.2 cm³/mol. The number of carbonyl (C=O) groups is 1. The molecule has 0 saturated heterocycles. The number of rotatable bonds is 4. The Morgan fingerprint density at radius 3 is 2.18 bits per heavy atom. The first-order chi connectivity index (χ1) is 8.22. The van der Waals surface area contributed by atoms with Crippen molar-refractivity contribution in [3.63, 3.8) is 0 Å². The molecule has 0 aliphatic rings. The van der Waals surface area contributed by atoms with Crippen LogP contribution in [0.5, 0.6) is 0 Å². The second-order valence-corrected chi connectivity index (χ2v) is 10.2. The van der Waals surface area contributed by atoms with Crippen LogP contribution in [0.1, 0.15) is 10.4 Å². The van der Waals surface area contributed by atoms with E-state index < -0.39 is 29.3 Å². The number of carboxylic acid groups (broad SMARTS) is 1. The van der Waals surface area contributed by atoms with E-state index in [2.05, 4.69) is 4.43 Å². The number of carbonyl (C=O) groups excluding carboxylic acids is 1. The Balaban J connectivity index is 0. The van der Waals surface area contributed by atoms with E-state index in [1.54, 1.807) is 25.3 Å². The number of carboxylic acids is 1. The van der Waals surface area contributed by atoms with Gasteiger partial charge in [0.25, 0.3) is 0 Å². The molecule has 88 valence electrons. The van der Waals surface area contributed by atoms with Gasteiger partial charge in [-0.05, 0) is 5.56 Å². The number of benzene rings is 1. The summed E-state index contributed by atoms with van der Waals surface area (Å²) in [7, 11) is 7.23. The number of hydrogen-bond donors (Lipinski definition) is 0. The predicted octanol–water partition coefficient (Wildman–Crippen LogP) is 1.92. The zero-order valence-electron chi connectivity index (χ0n) is 10.3. The Morgan fingerprint density at radius 2 is 1.94 bits per heavy atom. The van der Waals surface area contributed by atoms with Gasteiger partial charge in [0, 0.05) is 0 Å². The van der Waals surface area contributed by atoms with E-state index >= 15 is 0 Å². The number of methoxy groups -OCH3 is 1. The zero-order valence-corrected chi connectivity index (χ0v) is 22.1. The molecule has 0 fully saturated rings. The number of halogens is 1. The Labute approximate surface area is 135 Å². The van der Waals surface area contributed by atoms with Crippen LogP contribution in [0.25, 0.3) is 0 Å². The van der Waals surface area contributed by atoms with Gasteiger partial charge in [0.05, 0.1) is 5.97 Å². The average molecular weight is 632 g/mol. The van der Waals surface area contributed by atoms with Crippen LogP contribution in [0.2, 0.25) is 8.36 Å². The molecule has 0 radical (unpaired) electrons. The third-order valence-corrected chi connectivity index (χ3v) is 6.00. The van der Waals surface area contributed by atoms with Crippen molar-refractivity contribution in [2.24, 2.45) is 0 Å². The fourth-order valence-corrected chi connectivity index (χ4v) is 3.28. The maximum absolute atomic E-state index is 10.1. The van der Waals surface area contributed by atoms with Gasteiger partial charge in [0.2, 0.25) is 0 Å². The molecule has 0 unspecified atom stereocenters. The third kappa shape index (κ3) is 14.8. The van der Waals surface area contributed by atoms with Gasteiger partial charge in [-0.2, -0.15) is 0 Å². The van der Waals surface area contributed by atoms with Crippen molar-refractivity contribution in [1.82, 2.24) is 0 Å². The van der Waals surface area contributed by atoms with E-state index in [1.165, 1.54) is 16.1 Å². The van der Waals surface area contributed by atoms with E-state index in [-0.39, 0.29) is 5.56 Å². The maximum atomic E-state index is 10.1. The van der Waals surface area contributed by atoms with Gasteiger partial charge >= 0.3 is 84.5 Å². The van der Waals surface area contributed by atoms with Gasteiger partial charge in [-0.25, -0.2) is 0 Å². The Morgan fingerprint density at radius 1 is 1.41 bits per heavy atom. The van der Waals surface area contributed by atoms with Gasteiger partial charge < -0.3 is 9.90 Å². The van der Waals surface area contributed by atoms with E-state index in [9.17, 15) is 9.90 Å². The fraction of sp³-hybridized carbons (Fsp3) is 0.364.